The number of alkyl halides is 3. The lowest BCUT2D eigenvalue weighted by Gasteiger charge is -2.41. The first-order valence-corrected chi connectivity index (χ1v) is 11.2. The number of hydrogen-bond acceptors (Lipinski definition) is 4. The molecule has 33 heavy (non-hydrogen) atoms. The average Bonchev–Trinajstić information content (AvgIpc) is 3.23. The van der Waals surface area contributed by atoms with E-state index in [0.717, 1.165) is 36.1 Å². The lowest BCUT2D eigenvalue weighted by molar-refractivity contribution is -0.274. The Bertz CT molecular complexity index is 1090. The second kappa shape index (κ2) is 8.80. The maximum absolute atomic E-state index is 12.9. The number of nitrogens with one attached hydrogen (secondary N) is 1. The maximum atomic E-state index is 12.9. The Morgan fingerprint density at radius 3 is 2.58 bits per heavy atom. The first-order valence-electron chi connectivity index (χ1n) is 11.2. The van der Waals surface area contributed by atoms with E-state index in [2.05, 4.69) is 27.2 Å². The summed E-state index contributed by atoms with van der Waals surface area (Å²) in [7, 11) is 0. The number of benzene rings is 2. The molecule has 5 rings (SSSR count). The molecule has 2 fully saturated rings. The number of halogens is 3. The molecule has 0 saturated carbocycles. The molecule has 3 aromatic rings. The molecule has 0 radical (unpaired) electrons. The molecule has 1 N–H and O–H groups in total. The van der Waals surface area contributed by atoms with Gasteiger partial charge in [0.15, 0.2) is 0 Å². The van der Waals surface area contributed by atoms with Crippen molar-refractivity contribution in [2.45, 2.75) is 43.2 Å². The molecular formula is C26H25F3N2O2. The van der Waals surface area contributed by atoms with Crippen LogP contribution in [0.5, 0.6) is 5.75 Å². The van der Waals surface area contributed by atoms with Gasteiger partial charge in [0.25, 0.3) is 0 Å². The van der Waals surface area contributed by atoms with E-state index < -0.39 is 12.0 Å². The van der Waals surface area contributed by atoms with Crippen LogP contribution in [0.25, 0.3) is 11.1 Å². The molecule has 3 atom stereocenters. The van der Waals surface area contributed by atoms with Crippen molar-refractivity contribution in [2.75, 3.05) is 13.2 Å². The van der Waals surface area contributed by atoms with Gasteiger partial charge in [-0.3, -0.25) is 4.98 Å². The number of nitrogens with zero attached hydrogens (tertiary/aromatic N) is 1. The van der Waals surface area contributed by atoms with Crippen LogP contribution in [0.2, 0.25) is 0 Å². The van der Waals surface area contributed by atoms with Gasteiger partial charge in [-0.1, -0.05) is 36.4 Å². The normalized spacial score (nSPS) is 25.3. The Balaban J connectivity index is 1.51. The fourth-order valence-corrected chi connectivity index (χ4v) is 5.28. The van der Waals surface area contributed by atoms with E-state index in [4.69, 9.17) is 4.74 Å². The SMILES string of the molecule is FC(F)(F)Oc1ccc(-c2ccncc2)c([C@H]2CO[C@]3(CCCN[C@H]3c3ccccc3)C2)c1. The average molecular weight is 454 g/mol. The highest BCUT2D eigenvalue weighted by molar-refractivity contribution is 5.69. The van der Waals surface area contributed by atoms with Crippen molar-refractivity contribution in [3.63, 3.8) is 0 Å². The van der Waals surface area contributed by atoms with Crippen LogP contribution < -0.4 is 10.1 Å². The molecule has 172 valence electrons. The number of hydrogen-bond donors (Lipinski definition) is 1. The van der Waals surface area contributed by atoms with Gasteiger partial charge in [0.2, 0.25) is 0 Å². The van der Waals surface area contributed by atoms with Crippen molar-refractivity contribution in [3.05, 3.63) is 84.2 Å². The summed E-state index contributed by atoms with van der Waals surface area (Å²) in [4.78, 5) is 4.07. The Morgan fingerprint density at radius 1 is 1.03 bits per heavy atom. The van der Waals surface area contributed by atoms with Gasteiger partial charge in [-0.05, 0) is 72.3 Å². The Morgan fingerprint density at radius 2 is 1.82 bits per heavy atom. The number of rotatable bonds is 4. The van der Waals surface area contributed by atoms with E-state index in [1.54, 1.807) is 18.5 Å². The van der Waals surface area contributed by atoms with Crippen molar-refractivity contribution >= 4 is 0 Å². The second-order valence-corrected chi connectivity index (χ2v) is 8.71. The van der Waals surface area contributed by atoms with Gasteiger partial charge < -0.3 is 14.8 Å². The molecule has 1 aromatic heterocycles. The summed E-state index contributed by atoms with van der Waals surface area (Å²) in [5.74, 6) is -0.270. The van der Waals surface area contributed by atoms with E-state index in [1.165, 1.54) is 17.7 Å². The van der Waals surface area contributed by atoms with Crippen LogP contribution in [-0.4, -0.2) is 30.1 Å². The summed E-state index contributed by atoms with van der Waals surface area (Å²) in [5.41, 5.74) is 3.35. The fourth-order valence-electron chi connectivity index (χ4n) is 5.28. The van der Waals surface area contributed by atoms with Crippen molar-refractivity contribution in [2.24, 2.45) is 0 Å². The first kappa shape index (κ1) is 21.9. The lowest BCUT2D eigenvalue weighted by Crippen LogP contribution is -2.48. The Kier molecular flexibility index (Phi) is 5.85. The van der Waals surface area contributed by atoms with E-state index in [0.29, 0.717) is 13.0 Å². The Hall–Kier alpha value is -2.90. The first-order chi connectivity index (χ1) is 15.9. The summed E-state index contributed by atoms with van der Waals surface area (Å²) in [6.07, 6.45) is 1.23. The monoisotopic (exact) mass is 454 g/mol. The summed E-state index contributed by atoms with van der Waals surface area (Å²) < 4.78 is 49.6. The quantitative estimate of drug-likeness (QED) is 0.524. The molecular weight excluding hydrogens is 429 g/mol. The van der Waals surface area contributed by atoms with Gasteiger partial charge in [-0.2, -0.15) is 0 Å². The summed E-state index contributed by atoms with van der Waals surface area (Å²) in [6.45, 7) is 1.35. The molecule has 7 heteroatoms. The molecule has 0 aliphatic carbocycles. The molecule has 0 amide bonds. The summed E-state index contributed by atoms with van der Waals surface area (Å²) in [5, 5.41) is 3.62. The van der Waals surface area contributed by atoms with Gasteiger partial charge in [-0.25, -0.2) is 0 Å². The molecule has 2 aliphatic rings. The lowest BCUT2D eigenvalue weighted by atomic mass is 9.76. The predicted octanol–water partition coefficient (Wildman–Crippen LogP) is 6.01. The molecule has 3 heterocycles. The predicted molar refractivity (Wildman–Crippen MR) is 119 cm³/mol. The highest BCUT2D eigenvalue weighted by atomic mass is 19.4. The fraction of sp³-hybridized carbons (Fsp3) is 0.346. The minimum Gasteiger partial charge on any atom is -0.406 e. The van der Waals surface area contributed by atoms with E-state index in [1.807, 2.05) is 30.3 Å². The van der Waals surface area contributed by atoms with Crippen molar-refractivity contribution in [3.8, 4) is 16.9 Å². The number of ether oxygens (including phenoxy) is 2. The third kappa shape index (κ3) is 4.61. The maximum Gasteiger partial charge on any atom is 0.573 e. The highest BCUT2D eigenvalue weighted by Crippen LogP contribution is 2.50. The molecule has 0 unspecified atom stereocenters. The summed E-state index contributed by atoms with van der Waals surface area (Å²) in [6, 6.07) is 18.6. The topological polar surface area (TPSA) is 43.4 Å². The molecule has 2 aromatic carbocycles. The third-order valence-electron chi connectivity index (χ3n) is 6.64. The van der Waals surface area contributed by atoms with E-state index >= 15 is 0 Å². The van der Waals surface area contributed by atoms with E-state index in [-0.39, 0.29) is 17.7 Å². The van der Waals surface area contributed by atoms with Crippen LogP contribution in [0.15, 0.2) is 73.1 Å². The van der Waals surface area contributed by atoms with Crippen molar-refractivity contribution in [1.82, 2.24) is 10.3 Å². The van der Waals surface area contributed by atoms with Gasteiger partial charge in [-0.15, -0.1) is 13.2 Å². The van der Waals surface area contributed by atoms with Gasteiger partial charge in [0.1, 0.15) is 5.75 Å². The van der Waals surface area contributed by atoms with Crippen LogP contribution in [0.3, 0.4) is 0 Å². The van der Waals surface area contributed by atoms with E-state index in [9.17, 15) is 13.2 Å². The van der Waals surface area contributed by atoms with Crippen LogP contribution in [-0.2, 0) is 4.74 Å². The molecule has 2 saturated heterocycles. The third-order valence-corrected chi connectivity index (χ3v) is 6.64. The van der Waals surface area contributed by atoms with Gasteiger partial charge in [0.05, 0.1) is 18.2 Å². The van der Waals surface area contributed by atoms with Crippen LogP contribution in [0, 0.1) is 0 Å². The van der Waals surface area contributed by atoms with Crippen molar-refractivity contribution in [1.29, 1.82) is 0 Å². The smallest absolute Gasteiger partial charge is 0.406 e. The van der Waals surface area contributed by atoms with Gasteiger partial charge in [0, 0.05) is 18.3 Å². The molecule has 1 spiro atoms. The zero-order chi connectivity index (χ0) is 22.9. The highest BCUT2D eigenvalue weighted by Gasteiger charge is 2.49. The van der Waals surface area contributed by atoms with Crippen LogP contribution in [0.1, 0.15) is 42.3 Å². The molecule has 0 bridgehead atoms. The minimum atomic E-state index is -4.74. The Labute approximate surface area is 190 Å². The molecule has 2 aliphatic heterocycles. The van der Waals surface area contributed by atoms with Crippen LogP contribution >= 0.6 is 0 Å². The van der Waals surface area contributed by atoms with Crippen molar-refractivity contribution < 1.29 is 22.6 Å². The standard InChI is InChI=1S/C26H25F3N2O2/c27-26(28,29)33-21-7-8-22(18-9-13-30-14-10-18)23(15-21)20-16-25(32-17-20)11-4-12-31-24(25)19-5-2-1-3-6-19/h1-3,5-10,13-15,20,24,31H,4,11-12,16-17H2/t20-,24+,25-/m1/s1. The zero-order valence-corrected chi connectivity index (χ0v) is 18.0. The second-order valence-electron chi connectivity index (χ2n) is 8.71. The summed E-state index contributed by atoms with van der Waals surface area (Å²) >= 11 is 0. The largest absolute Gasteiger partial charge is 0.573 e. The minimum absolute atomic E-state index is 0.0384. The number of piperidine rings is 1. The zero-order valence-electron chi connectivity index (χ0n) is 18.0. The van der Waals surface area contributed by atoms with Crippen LogP contribution in [0.4, 0.5) is 13.2 Å². The van der Waals surface area contributed by atoms with Gasteiger partial charge >= 0.3 is 6.36 Å². The number of aromatic nitrogens is 1. The molecule has 4 nitrogen and oxygen atoms in total. The number of pyridine rings is 1.